The summed E-state index contributed by atoms with van der Waals surface area (Å²) in [5.74, 6) is 4.49. The van der Waals surface area contributed by atoms with Gasteiger partial charge < -0.3 is 0 Å². The second-order valence-corrected chi connectivity index (χ2v) is 28.6. The molecule has 0 aliphatic carbocycles. The Morgan fingerprint density at radius 2 is 0.596 bits per heavy atom. The van der Waals surface area contributed by atoms with E-state index >= 15 is 0 Å². The Kier molecular flexibility index (Phi) is 20.2. The Labute approximate surface area is 655 Å². The summed E-state index contributed by atoms with van der Waals surface area (Å²) in [5.41, 5.74) is 14.8. The van der Waals surface area contributed by atoms with Crippen LogP contribution >= 0.6 is 0 Å². The fourth-order valence-corrected chi connectivity index (χ4v) is 14.8. The normalized spacial score (nSPS) is 11.4. The van der Waals surface area contributed by atoms with Crippen LogP contribution in [0.1, 0.15) is 33.4 Å². The number of hydrogen-bond acceptors (Lipinski definition) is 11. The first kappa shape index (κ1) is 73.8. The van der Waals surface area contributed by atoms with Crippen LogP contribution in [0.2, 0.25) is 0 Å². The van der Waals surface area contributed by atoms with Crippen LogP contribution in [-0.4, -0.2) is 54.8 Å². The van der Waals surface area contributed by atoms with Crippen molar-refractivity contribution in [2.75, 3.05) is 0 Å². The SMILES string of the molecule is Cc1cc(C(F)(F)F)ccc1-c1nc2ccc3cnccc3c2c[n+]1C.Cc1ccccc1-c1nc2c(ccc3cnccc32)c[n+]1C.Cc1ccccc1-c1nc2cc3cnccc3cc2c[n+]1C.Cc1ccccc1-c1nc2ccc3cnccc3c2c[n+]1C.Cc1ccncc1-c1nc2ccc3cnccc3c2c[n+]1C. The number of aromatic nitrogens is 16. The molecule has 11 heterocycles. The molecule has 0 aliphatic rings. The number of fused-ring (bicyclic) bond motifs is 14. The molecule has 9 aromatic carbocycles. The molecule has 0 fully saturated rings. The van der Waals surface area contributed by atoms with Gasteiger partial charge in [0.05, 0.1) is 95.6 Å². The van der Waals surface area contributed by atoms with Gasteiger partial charge in [-0.15, -0.1) is 0 Å². The molecule has 0 atom stereocenters. The van der Waals surface area contributed by atoms with Gasteiger partial charge in [-0.05, 0) is 220 Å². The molecule has 554 valence electrons. The van der Waals surface area contributed by atoms with E-state index < -0.39 is 11.7 Å². The van der Waals surface area contributed by atoms with Crippen molar-refractivity contribution >= 4 is 108 Å². The van der Waals surface area contributed by atoms with Gasteiger partial charge in [0.15, 0.2) is 27.6 Å². The summed E-state index contributed by atoms with van der Waals surface area (Å²) in [4.78, 5) is 49.5. The van der Waals surface area contributed by atoms with Gasteiger partial charge in [-0.3, -0.25) is 29.9 Å². The predicted octanol–water partition coefficient (Wildman–Crippen LogP) is 18.3. The largest absolute Gasteiger partial charge is 0.416 e. The molecule has 20 rings (SSSR count). The van der Waals surface area contributed by atoms with Crippen LogP contribution in [0.4, 0.5) is 13.2 Å². The number of halogens is 3. The first-order valence-electron chi connectivity index (χ1n) is 37.2. The smallest absolute Gasteiger partial charge is 0.264 e. The number of benzene rings is 9. The van der Waals surface area contributed by atoms with Gasteiger partial charge in [0.25, 0.3) is 0 Å². The average molecular weight is 1500 g/mol. The van der Waals surface area contributed by atoms with Crippen LogP contribution in [-0.2, 0) is 41.4 Å². The molecule has 19 heteroatoms. The molecule has 0 amide bonds. The molecule has 11 aromatic heterocycles. The number of aryl methyl sites for hydroxylation is 10. The summed E-state index contributed by atoms with van der Waals surface area (Å²) in [7, 11) is 10.0. The van der Waals surface area contributed by atoms with E-state index in [1.807, 2.05) is 150 Å². The molecule has 0 N–H and O–H groups in total. The van der Waals surface area contributed by atoms with Gasteiger partial charge in [-0.1, -0.05) is 60.7 Å². The molecule has 0 saturated carbocycles. The van der Waals surface area contributed by atoms with Crippen LogP contribution in [0, 0.1) is 34.6 Å². The molecule has 0 bridgehead atoms. The van der Waals surface area contributed by atoms with Gasteiger partial charge in [-0.25, -0.2) is 22.8 Å². The maximum absolute atomic E-state index is 12.9. The molecule has 114 heavy (non-hydrogen) atoms. The summed E-state index contributed by atoms with van der Waals surface area (Å²) in [6.45, 7) is 10.1. The van der Waals surface area contributed by atoms with Gasteiger partial charge in [0, 0.05) is 123 Å². The summed E-state index contributed by atoms with van der Waals surface area (Å²) < 4.78 is 48.9. The minimum Gasteiger partial charge on any atom is -0.264 e. The fraction of sp³-hybridized carbons (Fsp3) is 0.116. The highest BCUT2D eigenvalue weighted by atomic mass is 19.4. The Hall–Kier alpha value is -14.3. The minimum absolute atomic E-state index is 0.535. The van der Waals surface area contributed by atoms with E-state index in [0.29, 0.717) is 17.0 Å². The maximum Gasteiger partial charge on any atom is 0.416 e. The zero-order chi connectivity index (χ0) is 78.9. The standard InChI is InChI=1S/C20H15F3N3.3C19H16N3.C18H15N4/c1-12-9-14(20(21,22)23)4-5-15(12)19-25-18-6-3-13-10-24-8-7-16(13)17(18)11-26(19)2;1-13-5-3-4-6-17(13)19-21-18-10-15-11-20-8-7-14(15)9-16(18)12-22(19)2;1-13-5-3-4-6-16(13)19-21-18-15(12-22(19)2)8-7-14-11-20-10-9-17(14)18;1-13-5-3-4-6-15(13)19-21-18-8-7-14-11-20-10-9-16(14)17(18)12-22(19)2;1-12-5-7-20-10-15(12)18-21-17-4-3-13-9-19-8-6-14(13)16(17)11-22(18)2/h3-11H,1-2H3;3*3-12H,1-2H3;3-11H,1-2H3/q5*+1. The third-order valence-corrected chi connectivity index (χ3v) is 20.8. The quantitative estimate of drug-likeness (QED) is 0.0916. The van der Waals surface area contributed by atoms with Crippen LogP contribution in [0.3, 0.4) is 0 Å². The van der Waals surface area contributed by atoms with Crippen molar-refractivity contribution in [2.45, 2.75) is 40.8 Å². The molecule has 0 unspecified atom stereocenters. The Morgan fingerprint density at radius 3 is 1.05 bits per heavy atom. The summed E-state index contributed by atoms with van der Waals surface area (Å²) >= 11 is 0. The van der Waals surface area contributed by atoms with E-state index in [4.69, 9.17) is 24.9 Å². The van der Waals surface area contributed by atoms with Crippen molar-refractivity contribution < 1.29 is 36.0 Å². The number of pyridine rings is 6. The van der Waals surface area contributed by atoms with Crippen LogP contribution < -0.4 is 22.8 Å². The molecule has 0 saturated heterocycles. The van der Waals surface area contributed by atoms with Crippen molar-refractivity contribution in [1.29, 1.82) is 0 Å². The summed E-state index contributed by atoms with van der Waals surface area (Å²) in [5, 5.41) is 16.8. The minimum atomic E-state index is -4.35. The second kappa shape index (κ2) is 31.2. The average Bonchev–Trinajstić information content (AvgIpc) is 0.835. The zero-order valence-corrected chi connectivity index (χ0v) is 64.5. The van der Waals surface area contributed by atoms with E-state index in [1.54, 1.807) is 25.5 Å². The summed E-state index contributed by atoms with van der Waals surface area (Å²) in [6.07, 6.45) is 28.2. The second-order valence-electron chi connectivity index (χ2n) is 28.6. The Bertz CT molecular complexity index is 6890. The Morgan fingerprint density at radius 1 is 0.246 bits per heavy atom. The van der Waals surface area contributed by atoms with Gasteiger partial charge in [0.2, 0.25) is 0 Å². The van der Waals surface area contributed by atoms with Crippen molar-refractivity contribution in [2.24, 2.45) is 35.2 Å². The zero-order valence-electron chi connectivity index (χ0n) is 64.5. The number of alkyl halides is 3. The van der Waals surface area contributed by atoms with Crippen molar-refractivity contribution in [3.63, 3.8) is 0 Å². The molecule has 16 nitrogen and oxygen atoms in total. The number of rotatable bonds is 5. The van der Waals surface area contributed by atoms with E-state index in [9.17, 15) is 13.2 Å². The monoisotopic (exact) mass is 1500 g/mol. The Balaban J connectivity index is 0.000000107. The lowest BCUT2D eigenvalue weighted by Crippen LogP contribution is -2.32. The van der Waals surface area contributed by atoms with E-state index in [2.05, 4.69) is 222 Å². The lowest BCUT2D eigenvalue weighted by atomic mass is 10.0. The molecule has 0 spiro atoms. The maximum atomic E-state index is 12.9. The van der Waals surface area contributed by atoms with Crippen LogP contribution in [0.5, 0.6) is 0 Å². The van der Waals surface area contributed by atoms with Gasteiger partial charge in [0.1, 0.15) is 31.0 Å². The highest BCUT2D eigenvalue weighted by Crippen LogP contribution is 2.35. The van der Waals surface area contributed by atoms with Gasteiger partial charge >= 0.3 is 35.3 Å². The first-order chi connectivity index (χ1) is 55.3. The third kappa shape index (κ3) is 14.9. The number of hydrogen-bond donors (Lipinski definition) is 0. The highest BCUT2D eigenvalue weighted by molar-refractivity contribution is 6.08. The van der Waals surface area contributed by atoms with Crippen LogP contribution in [0.25, 0.3) is 165 Å². The predicted molar refractivity (Wildman–Crippen MR) is 445 cm³/mol. The lowest BCUT2D eigenvalue weighted by Gasteiger charge is -2.10. The number of nitrogens with zero attached hydrogens (tertiary/aromatic N) is 16. The molecule has 20 aromatic rings. The molecular weight excluding hydrogens is 1420 g/mol. The van der Waals surface area contributed by atoms with E-state index in [0.717, 1.165) is 144 Å². The van der Waals surface area contributed by atoms with Crippen molar-refractivity contribution in [1.82, 2.24) is 54.8 Å². The fourth-order valence-electron chi connectivity index (χ4n) is 14.8. The highest BCUT2D eigenvalue weighted by Gasteiger charge is 2.32. The molecular formula is C95H78F3N16+5. The lowest BCUT2D eigenvalue weighted by molar-refractivity contribution is -0.661. The molecule has 0 aliphatic heterocycles. The topological polar surface area (TPSA) is 161 Å². The summed E-state index contributed by atoms with van der Waals surface area (Å²) in [6, 6.07) is 61.5. The molecule has 0 radical (unpaired) electrons. The third-order valence-electron chi connectivity index (χ3n) is 20.8. The van der Waals surface area contributed by atoms with Crippen LogP contribution in [0.15, 0.2) is 293 Å². The van der Waals surface area contributed by atoms with Crippen molar-refractivity contribution in [3.8, 4) is 56.9 Å². The van der Waals surface area contributed by atoms with E-state index in [1.165, 1.54) is 50.0 Å². The first-order valence-corrected chi connectivity index (χ1v) is 37.2. The van der Waals surface area contributed by atoms with Crippen molar-refractivity contribution in [3.05, 3.63) is 327 Å². The van der Waals surface area contributed by atoms with E-state index in [-0.39, 0.29) is 0 Å². The van der Waals surface area contributed by atoms with Gasteiger partial charge in [-0.2, -0.15) is 13.2 Å².